The van der Waals surface area contributed by atoms with E-state index in [0.29, 0.717) is 29.4 Å². The van der Waals surface area contributed by atoms with Crippen LogP contribution in [-0.4, -0.2) is 34.1 Å². The van der Waals surface area contributed by atoms with Gasteiger partial charge in [-0.25, -0.2) is 9.97 Å². The number of para-hydroxylation sites is 6. The molecule has 0 bridgehead atoms. The van der Waals surface area contributed by atoms with Gasteiger partial charge in [0, 0.05) is 44.3 Å². The zero-order valence-corrected chi connectivity index (χ0v) is 40.7. The van der Waals surface area contributed by atoms with E-state index in [2.05, 4.69) is 202 Å². The summed E-state index contributed by atoms with van der Waals surface area (Å²) < 4.78 is 10.9. The summed E-state index contributed by atoms with van der Waals surface area (Å²) in [5.74, 6) is 4.33. The highest BCUT2D eigenvalue weighted by Crippen LogP contribution is 2.50. The largest absolute Gasteiger partial charge is 0.453 e. The lowest BCUT2D eigenvalue weighted by molar-refractivity contribution is 0.476. The molecular formula is C67H42N8O. The number of nitrogens with zero attached hydrogens (tertiary/aromatic N) is 8. The van der Waals surface area contributed by atoms with Gasteiger partial charge in [0.2, 0.25) is 11.9 Å². The topological polar surface area (TPSA) is 86.8 Å². The van der Waals surface area contributed by atoms with Crippen LogP contribution >= 0.6 is 0 Å². The van der Waals surface area contributed by atoms with Crippen LogP contribution in [0.3, 0.4) is 0 Å². The van der Waals surface area contributed by atoms with Crippen molar-refractivity contribution in [3.8, 4) is 79.7 Å². The maximum atomic E-state index is 6.49. The molecule has 0 aliphatic carbocycles. The van der Waals surface area contributed by atoms with Gasteiger partial charge < -0.3 is 4.74 Å². The molecule has 0 saturated carbocycles. The SMILES string of the molecule is c1ccc(-c2cccc(-c3nc(-c4cccc(-c5ccccc5)c4)nc(-n4c5ccccc5c5c4ccc4c6ccccc6n(-c6nc(-c7ccccc7)cc(N7c8ccccc8Oc8ccccc87)n6)c45)n3)c2)cc1. The molecule has 0 fully saturated rings. The molecule has 356 valence electrons. The Hall–Kier alpha value is -10.5. The van der Waals surface area contributed by atoms with Crippen molar-refractivity contribution in [2.45, 2.75) is 0 Å². The third kappa shape index (κ3) is 7.13. The van der Waals surface area contributed by atoms with E-state index >= 15 is 0 Å². The summed E-state index contributed by atoms with van der Waals surface area (Å²) in [5, 5.41) is 4.19. The molecule has 76 heavy (non-hydrogen) atoms. The van der Waals surface area contributed by atoms with E-state index in [4.69, 9.17) is 29.7 Å². The normalized spacial score (nSPS) is 12.0. The summed E-state index contributed by atoms with van der Waals surface area (Å²) in [6, 6.07) is 87.8. The maximum Gasteiger partial charge on any atom is 0.238 e. The van der Waals surface area contributed by atoms with Crippen LogP contribution in [0.1, 0.15) is 0 Å². The van der Waals surface area contributed by atoms with Gasteiger partial charge in [-0.05, 0) is 76.9 Å². The molecule has 9 nitrogen and oxygen atoms in total. The fourth-order valence-electron chi connectivity index (χ4n) is 10.9. The molecular weight excluding hydrogens is 933 g/mol. The molecule has 1 aliphatic rings. The lowest BCUT2D eigenvalue weighted by atomic mass is 10.0. The van der Waals surface area contributed by atoms with Gasteiger partial charge in [0.25, 0.3) is 0 Å². The molecule has 0 atom stereocenters. The first-order chi connectivity index (χ1) is 37.7. The lowest BCUT2D eigenvalue weighted by Gasteiger charge is -2.32. The van der Waals surface area contributed by atoms with Crippen molar-refractivity contribution in [3.05, 3.63) is 255 Å². The third-order valence-corrected chi connectivity index (χ3v) is 14.4. The molecule has 0 amide bonds. The Kier molecular flexibility index (Phi) is 9.99. The van der Waals surface area contributed by atoms with Crippen molar-refractivity contribution in [2.75, 3.05) is 4.90 Å². The molecule has 0 unspecified atom stereocenters. The Morgan fingerprint density at radius 1 is 0.303 bits per heavy atom. The van der Waals surface area contributed by atoms with Gasteiger partial charge in [-0.15, -0.1) is 0 Å². The first kappa shape index (κ1) is 43.1. The summed E-state index contributed by atoms with van der Waals surface area (Å²) in [7, 11) is 0. The number of ether oxygens (including phenoxy) is 1. The molecule has 5 heterocycles. The number of hydrogen-bond donors (Lipinski definition) is 0. The van der Waals surface area contributed by atoms with Gasteiger partial charge >= 0.3 is 0 Å². The van der Waals surface area contributed by atoms with E-state index in [0.717, 1.165) is 111 Å². The van der Waals surface area contributed by atoms with Crippen LogP contribution in [0.5, 0.6) is 11.5 Å². The number of benzene rings is 10. The van der Waals surface area contributed by atoms with Crippen molar-refractivity contribution in [1.82, 2.24) is 34.1 Å². The Labute approximate surface area is 436 Å². The Morgan fingerprint density at radius 3 is 1.41 bits per heavy atom. The summed E-state index contributed by atoms with van der Waals surface area (Å²) in [4.78, 5) is 29.4. The number of anilines is 3. The van der Waals surface area contributed by atoms with E-state index in [1.807, 2.05) is 66.7 Å². The molecule has 15 rings (SSSR count). The van der Waals surface area contributed by atoms with E-state index in [9.17, 15) is 0 Å². The van der Waals surface area contributed by atoms with Gasteiger partial charge in [0.1, 0.15) is 5.82 Å². The summed E-state index contributed by atoms with van der Waals surface area (Å²) in [5.41, 5.74) is 13.4. The molecule has 1 aliphatic heterocycles. The molecule has 14 aromatic rings. The smallest absolute Gasteiger partial charge is 0.238 e. The van der Waals surface area contributed by atoms with E-state index in [1.165, 1.54) is 0 Å². The van der Waals surface area contributed by atoms with E-state index in [1.54, 1.807) is 0 Å². The monoisotopic (exact) mass is 974 g/mol. The number of fused-ring (bicyclic) bond motifs is 9. The highest BCUT2D eigenvalue weighted by molar-refractivity contribution is 6.26. The van der Waals surface area contributed by atoms with Crippen molar-refractivity contribution in [2.24, 2.45) is 0 Å². The molecule has 0 N–H and O–H groups in total. The molecule has 0 saturated heterocycles. The van der Waals surface area contributed by atoms with Crippen LogP contribution in [0.2, 0.25) is 0 Å². The van der Waals surface area contributed by atoms with Crippen LogP contribution in [0, 0.1) is 0 Å². The van der Waals surface area contributed by atoms with E-state index in [-0.39, 0.29) is 0 Å². The van der Waals surface area contributed by atoms with Gasteiger partial charge in [-0.1, -0.05) is 194 Å². The minimum Gasteiger partial charge on any atom is -0.453 e. The second-order valence-electron chi connectivity index (χ2n) is 18.9. The predicted octanol–water partition coefficient (Wildman–Crippen LogP) is 16.8. The van der Waals surface area contributed by atoms with Crippen molar-refractivity contribution in [1.29, 1.82) is 0 Å². The summed E-state index contributed by atoms with van der Waals surface area (Å²) >= 11 is 0. The van der Waals surface area contributed by atoms with Crippen LogP contribution in [0.15, 0.2) is 255 Å². The third-order valence-electron chi connectivity index (χ3n) is 14.4. The average molecular weight is 975 g/mol. The van der Waals surface area contributed by atoms with Crippen LogP contribution < -0.4 is 9.64 Å². The van der Waals surface area contributed by atoms with Crippen LogP contribution in [-0.2, 0) is 0 Å². The first-order valence-corrected chi connectivity index (χ1v) is 25.3. The zero-order valence-electron chi connectivity index (χ0n) is 40.7. The zero-order chi connectivity index (χ0) is 50.1. The molecule has 0 spiro atoms. The molecule has 10 aromatic carbocycles. The highest BCUT2D eigenvalue weighted by Gasteiger charge is 2.29. The number of rotatable bonds is 8. The van der Waals surface area contributed by atoms with Gasteiger partial charge in [0.05, 0.1) is 39.1 Å². The Bertz CT molecular complexity index is 4420. The Morgan fingerprint density at radius 2 is 0.789 bits per heavy atom. The van der Waals surface area contributed by atoms with Gasteiger partial charge in [0.15, 0.2) is 23.1 Å². The van der Waals surface area contributed by atoms with Crippen LogP contribution in [0.4, 0.5) is 17.2 Å². The average Bonchev–Trinajstić information content (AvgIpc) is 4.17. The minimum atomic E-state index is 0.498. The summed E-state index contributed by atoms with van der Waals surface area (Å²) in [6.07, 6.45) is 0. The predicted molar refractivity (Wildman–Crippen MR) is 306 cm³/mol. The lowest BCUT2D eigenvalue weighted by Crippen LogP contribution is -2.18. The molecule has 9 heteroatoms. The first-order valence-electron chi connectivity index (χ1n) is 25.3. The highest BCUT2D eigenvalue weighted by atomic mass is 16.5. The second kappa shape index (κ2) is 17.6. The Balaban J connectivity index is 1.00. The number of aromatic nitrogens is 7. The molecule has 4 aromatic heterocycles. The maximum absolute atomic E-state index is 6.49. The van der Waals surface area contributed by atoms with E-state index < -0.39 is 0 Å². The van der Waals surface area contributed by atoms with Crippen molar-refractivity contribution >= 4 is 60.8 Å². The van der Waals surface area contributed by atoms with Crippen LogP contribution in [0.25, 0.3) is 112 Å². The number of hydrogen-bond acceptors (Lipinski definition) is 7. The minimum absolute atomic E-state index is 0.498. The standard InChI is InChI=1S/C67H42N8O/c1-4-20-43(21-5-1)46-26-18-28-48(40-46)64-70-65(49-29-19-27-47(41-49)44-22-6-2-7-23-44)72-67(71-64)74-55-33-13-11-31-52(55)62-58(74)39-38-51-50-30-10-12-32-54(50)75(63(51)62)66-68-53(45-24-8-3-9-25-45)42-61(69-66)73-56-34-14-16-36-59(56)76-60-37-17-15-35-57(60)73/h1-42H. The van der Waals surface area contributed by atoms with Gasteiger partial charge in [-0.2, -0.15) is 15.0 Å². The van der Waals surface area contributed by atoms with Crippen molar-refractivity contribution < 1.29 is 4.74 Å². The van der Waals surface area contributed by atoms with Gasteiger partial charge in [-0.3, -0.25) is 14.0 Å². The fraction of sp³-hybridized carbons (Fsp3) is 0. The quantitative estimate of drug-likeness (QED) is 0.150. The summed E-state index contributed by atoms with van der Waals surface area (Å²) in [6.45, 7) is 0. The second-order valence-corrected chi connectivity index (χ2v) is 18.9. The van der Waals surface area contributed by atoms with Crippen molar-refractivity contribution in [3.63, 3.8) is 0 Å². The fourth-order valence-corrected chi connectivity index (χ4v) is 10.9. The molecule has 0 radical (unpaired) electrons.